The molecule has 1 aromatic carbocycles. The molecule has 0 fully saturated rings. The van der Waals surface area contributed by atoms with Crippen molar-refractivity contribution in [3.8, 4) is 0 Å². The number of aliphatic carboxylic acids is 1. The normalized spacial score (nSPS) is 15.3. The molecule has 1 unspecified atom stereocenters. The Morgan fingerprint density at radius 1 is 1.53 bits per heavy atom. The Kier molecular flexibility index (Phi) is 3.74. The Labute approximate surface area is 112 Å². The standard InChI is InChI=1S/C14H18N2O3/c1-9(5-14(18)19)8-15-11-3-4-12-10(6-11)7-13(17)16(12)2/h3-4,6,9,15H,5,7-8H2,1-2H3,(H,18,19). The number of nitrogens with one attached hydrogen (secondary N) is 1. The van der Waals surface area contributed by atoms with Gasteiger partial charge in [-0.3, -0.25) is 9.59 Å². The van der Waals surface area contributed by atoms with E-state index in [9.17, 15) is 9.59 Å². The van der Waals surface area contributed by atoms with E-state index in [1.165, 1.54) is 0 Å². The second-order valence-corrected chi connectivity index (χ2v) is 5.06. The highest BCUT2D eigenvalue weighted by molar-refractivity contribution is 6.01. The molecule has 0 aliphatic carbocycles. The Balaban J connectivity index is 1.98. The number of fused-ring (bicyclic) bond motifs is 1. The molecule has 5 nitrogen and oxygen atoms in total. The van der Waals surface area contributed by atoms with Crippen molar-refractivity contribution in [2.45, 2.75) is 19.8 Å². The van der Waals surface area contributed by atoms with Crippen molar-refractivity contribution >= 4 is 23.3 Å². The third kappa shape index (κ3) is 3.05. The molecule has 0 bridgehead atoms. The lowest BCUT2D eigenvalue weighted by Gasteiger charge is -2.13. The van der Waals surface area contributed by atoms with Gasteiger partial charge in [0.1, 0.15) is 0 Å². The summed E-state index contributed by atoms with van der Waals surface area (Å²) < 4.78 is 0. The van der Waals surface area contributed by atoms with Crippen molar-refractivity contribution in [1.82, 2.24) is 0 Å². The average Bonchev–Trinajstić information content (AvgIpc) is 2.61. The first-order valence-electron chi connectivity index (χ1n) is 6.32. The van der Waals surface area contributed by atoms with Gasteiger partial charge in [-0.1, -0.05) is 6.92 Å². The van der Waals surface area contributed by atoms with Gasteiger partial charge < -0.3 is 15.3 Å². The maximum absolute atomic E-state index is 11.6. The maximum Gasteiger partial charge on any atom is 0.303 e. The molecule has 0 saturated heterocycles. The van der Waals surface area contributed by atoms with Crippen LogP contribution in [0, 0.1) is 5.92 Å². The number of carboxylic acids is 1. The minimum atomic E-state index is -0.782. The van der Waals surface area contributed by atoms with Gasteiger partial charge in [-0.25, -0.2) is 0 Å². The van der Waals surface area contributed by atoms with Crippen LogP contribution in [0.2, 0.25) is 0 Å². The van der Waals surface area contributed by atoms with Crippen LogP contribution >= 0.6 is 0 Å². The van der Waals surface area contributed by atoms with Crippen molar-refractivity contribution in [2.24, 2.45) is 5.92 Å². The number of likely N-dealkylation sites (N-methyl/N-ethyl adjacent to an activating group) is 1. The van der Waals surface area contributed by atoms with Crippen LogP contribution in [0.15, 0.2) is 18.2 Å². The quantitative estimate of drug-likeness (QED) is 0.848. The summed E-state index contributed by atoms with van der Waals surface area (Å²) in [6.45, 7) is 2.50. The van der Waals surface area contributed by atoms with E-state index in [4.69, 9.17) is 5.11 Å². The van der Waals surface area contributed by atoms with Crippen molar-refractivity contribution < 1.29 is 14.7 Å². The number of rotatable bonds is 5. The number of hydrogen-bond donors (Lipinski definition) is 2. The van der Waals surface area contributed by atoms with Crippen molar-refractivity contribution in [3.05, 3.63) is 23.8 Å². The number of carbonyl (C=O) groups is 2. The third-order valence-corrected chi connectivity index (χ3v) is 3.33. The minimum Gasteiger partial charge on any atom is -0.481 e. The number of carboxylic acid groups (broad SMARTS) is 1. The summed E-state index contributed by atoms with van der Waals surface area (Å²) in [5, 5.41) is 11.9. The molecule has 102 valence electrons. The van der Waals surface area contributed by atoms with Crippen LogP contribution in [0.1, 0.15) is 18.9 Å². The van der Waals surface area contributed by atoms with E-state index in [2.05, 4.69) is 5.32 Å². The van der Waals surface area contributed by atoms with Crippen molar-refractivity contribution in [2.75, 3.05) is 23.8 Å². The lowest BCUT2D eigenvalue weighted by atomic mass is 10.1. The fourth-order valence-corrected chi connectivity index (χ4v) is 2.24. The predicted molar refractivity (Wildman–Crippen MR) is 73.5 cm³/mol. The van der Waals surface area contributed by atoms with E-state index in [1.807, 2.05) is 25.1 Å². The van der Waals surface area contributed by atoms with Gasteiger partial charge in [0.2, 0.25) is 5.91 Å². The molecule has 0 aromatic heterocycles. The fourth-order valence-electron chi connectivity index (χ4n) is 2.24. The monoisotopic (exact) mass is 262 g/mol. The fraction of sp³-hybridized carbons (Fsp3) is 0.429. The molecule has 0 spiro atoms. The first kappa shape index (κ1) is 13.4. The lowest BCUT2D eigenvalue weighted by Crippen LogP contribution is -2.20. The molecular weight excluding hydrogens is 244 g/mol. The topological polar surface area (TPSA) is 69.6 Å². The van der Waals surface area contributed by atoms with Crippen LogP contribution < -0.4 is 10.2 Å². The molecule has 1 aromatic rings. The summed E-state index contributed by atoms with van der Waals surface area (Å²) in [7, 11) is 1.77. The molecule has 1 atom stereocenters. The highest BCUT2D eigenvalue weighted by Crippen LogP contribution is 2.29. The van der Waals surface area contributed by atoms with Gasteiger partial charge in [0.25, 0.3) is 0 Å². The predicted octanol–water partition coefficient (Wildman–Crippen LogP) is 1.73. The first-order chi connectivity index (χ1) is 8.97. The zero-order valence-electron chi connectivity index (χ0n) is 11.1. The second kappa shape index (κ2) is 5.30. The highest BCUT2D eigenvalue weighted by Gasteiger charge is 2.23. The smallest absolute Gasteiger partial charge is 0.303 e. The average molecular weight is 262 g/mol. The number of carbonyl (C=O) groups excluding carboxylic acids is 1. The molecule has 1 amide bonds. The largest absolute Gasteiger partial charge is 0.481 e. The van der Waals surface area contributed by atoms with Crippen LogP contribution in [0.3, 0.4) is 0 Å². The zero-order valence-corrected chi connectivity index (χ0v) is 11.1. The summed E-state index contributed by atoms with van der Waals surface area (Å²) in [5.41, 5.74) is 2.90. The van der Waals surface area contributed by atoms with E-state index < -0.39 is 5.97 Å². The van der Waals surface area contributed by atoms with Crippen molar-refractivity contribution in [1.29, 1.82) is 0 Å². The van der Waals surface area contributed by atoms with Gasteiger partial charge in [0, 0.05) is 31.4 Å². The van der Waals surface area contributed by atoms with E-state index in [0.29, 0.717) is 13.0 Å². The molecule has 2 rings (SSSR count). The Hall–Kier alpha value is -2.04. The maximum atomic E-state index is 11.6. The van der Waals surface area contributed by atoms with Gasteiger partial charge >= 0.3 is 5.97 Å². The van der Waals surface area contributed by atoms with Crippen LogP contribution in [0.25, 0.3) is 0 Å². The van der Waals surface area contributed by atoms with E-state index in [1.54, 1.807) is 11.9 Å². The number of hydrogen-bond acceptors (Lipinski definition) is 3. The van der Waals surface area contributed by atoms with Crippen molar-refractivity contribution in [3.63, 3.8) is 0 Å². The summed E-state index contributed by atoms with van der Waals surface area (Å²) in [6, 6.07) is 5.80. The van der Waals surface area contributed by atoms with Gasteiger partial charge in [0.15, 0.2) is 0 Å². The summed E-state index contributed by atoms with van der Waals surface area (Å²) in [6.07, 6.45) is 0.588. The molecule has 5 heteroatoms. The first-order valence-corrected chi connectivity index (χ1v) is 6.32. The Morgan fingerprint density at radius 2 is 2.26 bits per heavy atom. The molecule has 0 saturated carbocycles. The lowest BCUT2D eigenvalue weighted by molar-refractivity contribution is -0.137. The van der Waals surface area contributed by atoms with E-state index >= 15 is 0 Å². The summed E-state index contributed by atoms with van der Waals surface area (Å²) in [5.74, 6) is -0.614. The molecule has 1 heterocycles. The second-order valence-electron chi connectivity index (χ2n) is 5.06. The van der Waals surface area contributed by atoms with Gasteiger partial charge in [-0.05, 0) is 29.7 Å². The number of amides is 1. The molecule has 0 radical (unpaired) electrons. The van der Waals surface area contributed by atoms with Crippen LogP contribution in [-0.2, 0) is 16.0 Å². The number of benzene rings is 1. The Bertz CT molecular complexity index is 513. The van der Waals surface area contributed by atoms with Gasteiger partial charge in [-0.2, -0.15) is 0 Å². The highest BCUT2D eigenvalue weighted by atomic mass is 16.4. The van der Waals surface area contributed by atoms with Gasteiger partial charge in [-0.15, -0.1) is 0 Å². The van der Waals surface area contributed by atoms with Crippen LogP contribution in [0.5, 0.6) is 0 Å². The molecule has 1 aliphatic heterocycles. The molecule has 2 N–H and O–H groups in total. The van der Waals surface area contributed by atoms with E-state index in [-0.39, 0.29) is 18.2 Å². The SMILES string of the molecule is CC(CNc1ccc2c(c1)CC(=O)N2C)CC(=O)O. The minimum absolute atomic E-state index is 0.0649. The zero-order chi connectivity index (χ0) is 14.0. The Morgan fingerprint density at radius 3 is 2.95 bits per heavy atom. The van der Waals surface area contributed by atoms with Gasteiger partial charge in [0.05, 0.1) is 6.42 Å². The van der Waals surface area contributed by atoms with Crippen LogP contribution in [0.4, 0.5) is 11.4 Å². The summed E-state index contributed by atoms with van der Waals surface area (Å²) >= 11 is 0. The summed E-state index contributed by atoms with van der Waals surface area (Å²) in [4.78, 5) is 23.8. The number of anilines is 2. The third-order valence-electron chi connectivity index (χ3n) is 3.33. The molecule has 1 aliphatic rings. The molecule has 19 heavy (non-hydrogen) atoms. The van der Waals surface area contributed by atoms with Crippen LogP contribution in [-0.4, -0.2) is 30.6 Å². The molecular formula is C14H18N2O3. The van der Waals surface area contributed by atoms with E-state index in [0.717, 1.165) is 16.9 Å². The number of nitrogens with zero attached hydrogens (tertiary/aromatic N) is 1.